The van der Waals surface area contributed by atoms with Gasteiger partial charge in [0.2, 0.25) is 11.6 Å². The van der Waals surface area contributed by atoms with Gasteiger partial charge in [-0.1, -0.05) is 48.2 Å². The van der Waals surface area contributed by atoms with Gasteiger partial charge in [-0.25, -0.2) is 9.02 Å². The molecule has 2 aromatic heterocycles. The molecule has 0 bridgehead atoms. The van der Waals surface area contributed by atoms with Gasteiger partial charge in [0, 0.05) is 24.2 Å². The summed E-state index contributed by atoms with van der Waals surface area (Å²) >= 11 is 0. The number of carbonyl (C=O) groups is 1. The van der Waals surface area contributed by atoms with Crippen LogP contribution in [0.1, 0.15) is 35.3 Å². The van der Waals surface area contributed by atoms with Crippen LogP contribution < -0.4 is 21.5 Å². The number of benzene rings is 2. The van der Waals surface area contributed by atoms with Crippen LogP contribution in [0.15, 0.2) is 59.7 Å². The van der Waals surface area contributed by atoms with Gasteiger partial charge in [-0.15, -0.1) is 5.10 Å². The molecule has 1 fully saturated rings. The number of anilines is 2. The quantitative estimate of drug-likeness (QED) is 0.334. The number of nitrogens with zero attached hydrogens (tertiary/aromatic N) is 6. The van der Waals surface area contributed by atoms with Crippen LogP contribution in [0.3, 0.4) is 0 Å². The Balaban J connectivity index is 1.34. The normalized spacial score (nSPS) is 13.4. The van der Waals surface area contributed by atoms with E-state index >= 15 is 0 Å². The van der Waals surface area contributed by atoms with Crippen molar-refractivity contribution in [2.24, 2.45) is 0 Å². The molecule has 0 atom stereocenters. The summed E-state index contributed by atoms with van der Waals surface area (Å²) in [4.78, 5) is 15.1. The van der Waals surface area contributed by atoms with Crippen LogP contribution in [0.25, 0.3) is 22.8 Å². The van der Waals surface area contributed by atoms with Gasteiger partial charge in [-0.05, 0) is 41.7 Å². The second kappa shape index (κ2) is 9.86. The molecule has 5 rings (SSSR count). The third kappa shape index (κ3) is 4.48. The zero-order chi connectivity index (χ0) is 25.1. The molecule has 11 nitrogen and oxygen atoms in total. The Labute approximate surface area is 205 Å². The number of hydrogen-bond acceptors (Lipinski definition) is 9. The lowest BCUT2D eigenvalue weighted by Crippen LogP contribution is -2.36. The van der Waals surface area contributed by atoms with Crippen molar-refractivity contribution in [3.63, 3.8) is 0 Å². The number of nitrogen functional groups attached to an aromatic ring is 1. The molecular formula is C24H24FN9O2. The number of piperidine rings is 1. The Bertz CT molecular complexity index is 1390. The van der Waals surface area contributed by atoms with Crippen LogP contribution in [-0.2, 0) is 0 Å². The molecule has 184 valence electrons. The van der Waals surface area contributed by atoms with Crippen molar-refractivity contribution in [1.29, 1.82) is 0 Å². The lowest BCUT2D eigenvalue weighted by atomic mass is 10.1. The monoisotopic (exact) mass is 489 g/mol. The first-order valence-electron chi connectivity index (χ1n) is 11.4. The van der Waals surface area contributed by atoms with E-state index in [0.29, 0.717) is 28.2 Å². The molecule has 1 saturated heterocycles. The Hall–Kier alpha value is -4.74. The van der Waals surface area contributed by atoms with Crippen molar-refractivity contribution in [2.45, 2.75) is 19.3 Å². The smallest absolute Gasteiger partial charge is 0.292 e. The van der Waals surface area contributed by atoms with E-state index in [9.17, 15) is 9.18 Å². The van der Waals surface area contributed by atoms with Gasteiger partial charge in [0.05, 0.1) is 11.4 Å². The van der Waals surface area contributed by atoms with Crippen LogP contribution in [0.5, 0.6) is 0 Å². The van der Waals surface area contributed by atoms with Crippen LogP contribution in [0, 0.1) is 5.82 Å². The van der Waals surface area contributed by atoms with Crippen molar-refractivity contribution < 1.29 is 13.8 Å². The molecule has 0 unspecified atom stereocenters. The van der Waals surface area contributed by atoms with Crippen molar-refractivity contribution in [3.8, 4) is 17.1 Å². The Morgan fingerprint density at radius 3 is 2.53 bits per heavy atom. The minimum Gasteiger partial charge on any atom is -0.378 e. The highest BCUT2D eigenvalue weighted by Crippen LogP contribution is 2.27. The fraction of sp³-hybridized carbons (Fsp3) is 0.208. The molecule has 12 heteroatoms. The highest BCUT2D eigenvalue weighted by atomic mass is 19.1. The lowest BCUT2D eigenvalue weighted by Gasteiger charge is -2.29. The summed E-state index contributed by atoms with van der Waals surface area (Å²) in [6.45, 7) is 5.60. The van der Waals surface area contributed by atoms with Crippen LogP contribution in [-0.4, -0.2) is 44.3 Å². The van der Waals surface area contributed by atoms with Gasteiger partial charge in [0.1, 0.15) is 11.5 Å². The van der Waals surface area contributed by atoms with Gasteiger partial charge >= 0.3 is 0 Å². The molecule has 0 spiro atoms. The summed E-state index contributed by atoms with van der Waals surface area (Å²) in [5.41, 5.74) is 13.5. The largest absolute Gasteiger partial charge is 0.378 e. The van der Waals surface area contributed by atoms with Gasteiger partial charge in [0.15, 0.2) is 5.69 Å². The van der Waals surface area contributed by atoms with Crippen molar-refractivity contribution in [1.82, 2.24) is 36.2 Å². The van der Waals surface area contributed by atoms with E-state index in [2.05, 4.69) is 42.7 Å². The van der Waals surface area contributed by atoms with E-state index in [-0.39, 0.29) is 23.1 Å². The van der Waals surface area contributed by atoms with E-state index in [1.165, 1.54) is 17.2 Å². The number of carbonyl (C=O) groups excluding carboxylic acids is 1. The third-order valence-electron chi connectivity index (χ3n) is 5.95. The van der Waals surface area contributed by atoms with E-state index in [4.69, 9.17) is 5.73 Å². The number of halogens is 1. The average Bonchev–Trinajstić information content (AvgIpc) is 3.54. The summed E-state index contributed by atoms with van der Waals surface area (Å²) in [5.74, 6) is -0.842. The number of nitrogens with two attached hydrogens (primary N) is 1. The summed E-state index contributed by atoms with van der Waals surface area (Å²) < 4.78 is 20.8. The minimum absolute atomic E-state index is 0.00414. The zero-order valence-corrected chi connectivity index (χ0v) is 19.3. The van der Waals surface area contributed by atoms with Gasteiger partial charge in [-0.2, -0.15) is 4.68 Å². The van der Waals surface area contributed by atoms with Gasteiger partial charge in [0.25, 0.3) is 5.91 Å². The van der Waals surface area contributed by atoms with Crippen LogP contribution in [0.4, 0.5) is 15.9 Å². The predicted octanol–water partition coefficient (Wildman–Crippen LogP) is 2.93. The summed E-state index contributed by atoms with van der Waals surface area (Å²) in [6, 6.07) is 13.9. The molecule has 4 aromatic rings. The molecular weight excluding hydrogens is 465 g/mol. The third-order valence-corrected chi connectivity index (χ3v) is 5.95. The molecule has 0 aliphatic carbocycles. The van der Waals surface area contributed by atoms with Crippen molar-refractivity contribution >= 4 is 23.1 Å². The number of hydrazine groups is 1. The standard InChI is InChI=1S/C24H24FN9O2/c1-15(17-10-11-19(18(25)14-17)33-12-6-3-7-13-33)27-29-24(35)20-21(16-8-4-2-5-9-16)34(32-28-20)23-22(26)30-36-31-23/h2,4-5,8-11,14,27H,1,3,6-7,12-13H2,(H2,26,30)(H,29,35). The predicted molar refractivity (Wildman–Crippen MR) is 131 cm³/mol. The Kier molecular flexibility index (Phi) is 6.31. The van der Waals surface area contributed by atoms with Gasteiger partial charge in [-0.3, -0.25) is 15.6 Å². The van der Waals surface area contributed by atoms with Crippen molar-refractivity contribution in [2.75, 3.05) is 23.7 Å². The fourth-order valence-electron chi connectivity index (χ4n) is 4.13. The van der Waals surface area contributed by atoms with E-state index < -0.39 is 5.91 Å². The highest BCUT2D eigenvalue weighted by Gasteiger charge is 2.25. The lowest BCUT2D eigenvalue weighted by molar-refractivity contribution is 0.0938. The van der Waals surface area contributed by atoms with Crippen molar-refractivity contribution in [3.05, 3.63) is 72.2 Å². The first kappa shape index (κ1) is 23.0. The molecule has 2 aromatic carbocycles. The summed E-state index contributed by atoms with van der Waals surface area (Å²) in [6.07, 6.45) is 3.27. The second-order valence-corrected chi connectivity index (χ2v) is 8.31. The van der Waals surface area contributed by atoms with Crippen LogP contribution in [0.2, 0.25) is 0 Å². The first-order chi connectivity index (χ1) is 17.5. The molecule has 1 amide bonds. The topological polar surface area (TPSA) is 140 Å². The number of amides is 1. The SMILES string of the molecule is C=C(NNC(=O)c1nnn(-c2nonc2N)c1-c1ccccc1)c1ccc(N2CCCCC2)c(F)c1. The maximum atomic E-state index is 14.8. The van der Waals surface area contributed by atoms with E-state index in [1.54, 1.807) is 36.4 Å². The minimum atomic E-state index is -0.596. The molecule has 36 heavy (non-hydrogen) atoms. The van der Waals surface area contributed by atoms with E-state index in [1.807, 2.05) is 11.0 Å². The number of nitrogens with one attached hydrogen (secondary N) is 2. The number of hydrogen-bond donors (Lipinski definition) is 3. The molecule has 3 heterocycles. The molecule has 1 aliphatic heterocycles. The maximum absolute atomic E-state index is 14.8. The highest BCUT2D eigenvalue weighted by molar-refractivity contribution is 5.98. The second-order valence-electron chi connectivity index (χ2n) is 8.31. The van der Waals surface area contributed by atoms with Gasteiger partial charge < -0.3 is 10.6 Å². The van der Waals surface area contributed by atoms with Crippen LogP contribution >= 0.6 is 0 Å². The summed E-state index contributed by atoms with van der Waals surface area (Å²) in [5, 5.41) is 15.4. The molecule has 0 saturated carbocycles. The summed E-state index contributed by atoms with van der Waals surface area (Å²) in [7, 11) is 0. The molecule has 1 aliphatic rings. The molecule has 0 radical (unpaired) electrons. The zero-order valence-electron chi connectivity index (χ0n) is 19.3. The molecule has 4 N–H and O–H groups in total. The Morgan fingerprint density at radius 2 is 1.83 bits per heavy atom. The van der Waals surface area contributed by atoms with E-state index in [0.717, 1.165) is 25.9 Å². The average molecular weight is 490 g/mol. The fourth-order valence-corrected chi connectivity index (χ4v) is 4.13. The number of rotatable bonds is 7. The number of aromatic nitrogens is 5. The first-order valence-corrected chi connectivity index (χ1v) is 11.4. The Morgan fingerprint density at radius 1 is 1.06 bits per heavy atom. The maximum Gasteiger partial charge on any atom is 0.292 e.